The van der Waals surface area contributed by atoms with E-state index in [-0.39, 0.29) is 11.1 Å². The quantitative estimate of drug-likeness (QED) is 0.603. The predicted molar refractivity (Wildman–Crippen MR) is 60.2 cm³/mol. The fourth-order valence-electron chi connectivity index (χ4n) is 3.29. The van der Waals surface area contributed by atoms with Gasteiger partial charge in [0.25, 0.3) is 0 Å². The highest BCUT2D eigenvalue weighted by atomic mass is 16.5. The van der Waals surface area contributed by atoms with Gasteiger partial charge < -0.3 is 9.64 Å². The zero-order valence-electron chi connectivity index (χ0n) is 9.84. The molecule has 82 valence electrons. The van der Waals surface area contributed by atoms with Crippen LogP contribution in [0, 0.1) is 5.41 Å². The minimum atomic E-state index is -0.105. The second kappa shape index (κ2) is 2.67. The average Bonchev–Trinajstić information content (AvgIpc) is 2.67. The Bertz CT molecular complexity index is 367. The lowest BCUT2D eigenvalue weighted by atomic mass is 9.76. The van der Waals surface area contributed by atoms with Crippen molar-refractivity contribution in [1.82, 2.24) is 4.90 Å². The Morgan fingerprint density at radius 1 is 1.33 bits per heavy atom. The standard InChI is InChI=1S/C13H19NO/c1-12(2)10-6-4-5-7-11(10)14-8-9-15-13(12,14)3/h4,6H,5,7-9H2,1-3H3. The van der Waals surface area contributed by atoms with E-state index >= 15 is 0 Å². The number of hydrogen-bond donors (Lipinski definition) is 0. The third-order valence-corrected chi connectivity index (χ3v) is 4.52. The molecule has 2 heteroatoms. The Morgan fingerprint density at radius 2 is 2.13 bits per heavy atom. The van der Waals surface area contributed by atoms with Crippen LogP contribution >= 0.6 is 0 Å². The topological polar surface area (TPSA) is 12.5 Å². The van der Waals surface area contributed by atoms with Crippen LogP contribution in [0.25, 0.3) is 0 Å². The monoisotopic (exact) mass is 205 g/mol. The first-order valence-corrected chi connectivity index (χ1v) is 5.89. The number of nitrogens with zero attached hydrogens (tertiary/aromatic N) is 1. The lowest BCUT2D eigenvalue weighted by Crippen LogP contribution is -2.47. The van der Waals surface area contributed by atoms with Crippen molar-refractivity contribution < 1.29 is 4.74 Å². The number of allylic oxidation sites excluding steroid dienone is 3. The molecule has 2 heterocycles. The van der Waals surface area contributed by atoms with Crippen LogP contribution in [0.2, 0.25) is 0 Å². The molecular formula is C13H19NO. The van der Waals surface area contributed by atoms with Crippen LogP contribution < -0.4 is 0 Å². The Balaban J connectivity index is 2.15. The molecule has 1 aliphatic carbocycles. The summed E-state index contributed by atoms with van der Waals surface area (Å²) in [4.78, 5) is 2.49. The molecule has 0 aromatic carbocycles. The van der Waals surface area contributed by atoms with E-state index in [1.54, 1.807) is 0 Å². The van der Waals surface area contributed by atoms with Crippen LogP contribution in [-0.4, -0.2) is 23.8 Å². The molecule has 0 bridgehead atoms. The molecule has 0 radical (unpaired) electrons. The Kier molecular flexibility index (Phi) is 1.69. The van der Waals surface area contributed by atoms with E-state index in [1.165, 1.54) is 24.1 Å². The summed E-state index contributed by atoms with van der Waals surface area (Å²) in [5.41, 5.74) is 3.04. The lowest BCUT2D eigenvalue weighted by Gasteiger charge is -2.40. The van der Waals surface area contributed by atoms with Crippen LogP contribution in [0.5, 0.6) is 0 Å². The van der Waals surface area contributed by atoms with E-state index in [0.29, 0.717) is 0 Å². The van der Waals surface area contributed by atoms with Crippen molar-refractivity contribution in [3.63, 3.8) is 0 Å². The van der Waals surface area contributed by atoms with Crippen molar-refractivity contribution in [2.24, 2.45) is 5.41 Å². The van der Waals surface area contributed by atoms with Crippen LogP contribution in [0.15, 0.2) is 23.4 Å². The minimum absolute atomic E-state index is 0.105. The molecule has 0 aromatic rings. The molecule has 2 nitrogen and oxygen atoms in total. The van der Waals surface area contributed by atoms with Gasteiger partial charge in [0.1, 0.15) is 5.72 Å². The summed E-state index contributed by atoms with van der Waals surface area (Å²) in [6, 6.07) is 0. The summed E-state index contributed by atoms with van der Waals surface area (Å²) in [7, 11) is 0. The van der Waals surface area contributed by atoms with Gasteiger partial charge in [0, 0.05) is 17.7 Å². The van der Waals surface area contributed by atoms with Crippen LogP contribution in [0.4, 0.5) is 0 Å². The van der Waals surface area contributed by atoms with E-state index in [0.717, 1.165) is 13.2 Å². The lowest BCUT2D eigenvalue weighted by molar-refractivity contribution is -0.105. The summed E-state index contributed by atoms with van der Waals surface area (Å²) < 4.78 is 6.02. The van der Waals surface area contributed by atoms with E-state index in [4.69, 9.17) is 4.74 Å². The fraction of sp³-hybridized carbons (Fsp3) is 0.692. The third kappa shape index (κ3) is 0.938. The molecule has 1 saturated heterocycles. The molecule has 1 atom stereocenters. The summed E-state index contributed by atoms with van der Waals surface area (Å²) in [6.07, 6.45) is 6.98. The maximum atomic E-state index is 6.02. The van der Waals surface area contributed by atoms with Crippen molar-refractivity contribution in [2.75, 3.05) is 13.2 Å². The van der Waals surface area contributed by atoms with E-state index in [1.807, 2.05) is 0 Å². The Hall–Kier alpha value is -0.760. The van der Waals surface area contributed by atoms with Crippen molar-refractivity contribution in [3.8, 4) is 0 Å². The fourth-order valence-corrected chi connectivity index (χ4v) is 3.29. The molecule has 0 aromatic heterocycles. The van der Waals surface area contributed by atoms with E-state index < -0.39 is 0 Å². The van der Waals surface area contributed by atoms with Crippen molar-refractivity contribution in [3.05, 3.63) is 23.4 Å². The maximum Gasteiger partial charge on any atom is 0.147 e. The second-order valence-corrected chi connectivity index (χ2v) is 5.41. The van der Waals surface area contributed by atoms with Gasteiger partial charge in [0.15, 0.2) is 0 Å². The molecule has 3 rings (SSSR count). The highest BCUT2D eigenvalue weighted by Crippen LogP contribution is 2.55. The molecular weight excluding hydrogens is 186 g/mol. The van der Waals surface area contributed by atoms with E-state index in [9.17, 15) is 0 Å². The SMILES string of the molecule is CC1(C)C2=C(CCC=C2)N2CCOC21C. The third-order valence-electron chi connectivity index (χ3n) is 4.52. The molecule has 1 unspecified atom stereocenters. The molecule has 15 heavy (non-hydrogen) atoms. The zero-order valence-corrected chi connectivity index (χ0v) is 9.84. The van der Waals surface area contributed by atoms with Crippen LogP contribution in [-0.2, 0) is 4.74 Å². The molecule has 3 aliphatic rings. The van der Waals surface area contributed by atoms with Crippen molar-refractivity contribution in [2.45, 2.75) is 39.3 Å². The first-order chi connectivity index (χ1) is 7.07. The summed E-state index contributed by atoms with van der Waals surface area (Å²) in [5.74, 6) is 0. The summed E-state index contributed by atoms with van der Waals surface area (Å²) in [5, 5.41) is 0. The van der Waals surface area contributed by atoms with Gasteiger partial charge in [-0.15, -0.1) is 0 Å². The maximum absolute atomic E-state index is 6.02. The van der Waals surface area contributed by atoms with Gasteiger partial charge in [-0.1, -0.05) is 26.0 Å². The first-order valence-electron chi connectivity index (χ1n) is 5.89. The number of hydrogen-bond acceptors (Lipinski definition) is 2. The van der Waals surface area contributed by atoms with Crippen molar-refractivity contribution in [1.29, 1.82) is 0 Å². The van der Waals surface area contributed by atoms with Gasteiger partial charge in [-0.2, -0.15) is 0 Å². The summed E-state index contributed by atoms with van der Waals surface area (Å²) >= 11 is 0. The van der Waals surface area contributed by atoms with Crippen LogP contribution in [0.1, 0.15) is 33.6 Å². The second-order valence-electron chi connectivity index (χ2n) is 5.41. The minimum Gasteiger partial charge on any atom is -0.353 e. The van der Waals surface area contributed by atoms with E-state index in [2.05, 4.69) is 37.8 Å². The number of rotatable bonds is 0. The predicted octanol–water partition coefficient (Wildman–Crippen LogP) is 2.68. The van der Waals surface area contributed by atoms with Gasteiger partial charge in [-0.05, 0) is 25.3 Å². The normalized spacial score (nSPS) is 37.1. The largest absolute Gasteiger partial charge is 0.353 e. The highest BCUT2D eigenvalue weighted by molar-refractivity contribution is 5.42. The summed E-state index contributed by atoms with van der Waals surface area (Å²) in [6.45, 7) is 8.80. The molecule has 0 saturated carbocycles. The Morgan fingerprint density at radius 3 is 2.93 bits per heavy atom. The van der Waals surface area contributed by atoms with Gasteiger partial charge >= 0.3 is 0 Å². The molecule has 2 aliphatic heterocycles. The number of fused-ring (bicyclic) bond motifs is 2. The van der Waals surface area contributed by atoms with Gasteiger partial charge in [-0.25, -0.2) is 0 Å². The van der Waals surface area contributed by atoms with Crippen molar-refractivity contribution >= 4 is 0 Å². The molecule has 0 N–H and O–H groups in total. The molecule has 0 spiro atoms. The van der Waals surface area contributed by atoms with Gasteiger partial charge in [0.05, 0.1) is 6.61 Å². The number of ether oxygens (including phenoxy) is 1. The van der Waals surface area contributed by atoms with Gasteiger partial charge in [0.2, 0.25) is 0 Å². The molecule has 0 amide bonds. The average molecular weight is 205 g/mol. The smallest absolute Gasteiger partial charge is 0.147 e. The van der Waals surface area contributed by atoms with Crippen LogP contribution in [0.3, 0.4) is 0 Å². The molecule has 1 fully saturated rings. The zero-order chi connectivity index (χ0) is 10.7. The first kappa shape index (κ1) is 9.46. The Labute approximate surface area is 91.6 Å². The van der Waals surface area contributed by atoms with Gasteiger partial charge in [-0.3, -0.25) is 0 Å². The highest BCUT2D eigenvalue weighted by Gasteiger charge is 2.57.